The third kappa shape index (κ3) is 2.85. The Hall–Kier alpha value is -3.86. The van der Waals surface area contributed by atoms with E-state index < -0.39 is 0 Å². The van der Waals surface area contributed by atoms with Crippen LogP contribution in [0.25, 0.3) is 39.4 Å². The molecule has 0 atom stereocenters. The standard InChI is InChI=1S/C22H15N5/c1-2-6-19(7-3-1)27-22(25-21(26-27)20-8-4-5-12-24-20)17-10-9-16-11-13-23-15-18(16)14-17/h1-15H. The maximum Gasteiger partial charge on any atom is 0.200 e. The van der Waals surface area contributed by atoms with Crippen molar-refractivity contribution in [3.63, 3.8) is 0 Å². The van der Waals surface area contributed by atoms with Gasteiger partial charge in [-0.1, -0.05) is 36.4 Å². The molecule has 5 nitrogen and oxygen atoms in total. The van der Waals surface area contributed by atoms with Crippen molar-refractivity contribution in [1.82, 2.24) is 24.7 Å². The first kappa shape index (κ1) is 15.4. The van der Waals surface area contributed by atoms with Crippen molar-refractivity contribution in [2.24, 2.45) is 0 Å². The molecule has 0 fully saturated rings. The van der Waals surface area contributed by atoms with Gasteiger partial charge in [-0.2, -0.15) is 0 Å². The molecule has 0 bridgehead atoms. The maximum atomic E-state index is 4.80. The van der Waals surface area contributed by atoms with Gasteiger partial charge in [0.15, 0.2) is 5.82 Å². The van der Waals surface area contributed by atoms with Crippen LogP contribution in [-0.4, -0.2) is 24.7 Å². The second kappa shape index (κ2) is 6.46. The van der Waals surface area contributed by atoms with Crippen LogP contribution >= 0.6 is 0 Å². The van der Waals surface area contributed by atoms with Crippen LogP contribution in [-0.2, 0) is 0 Å². The lowest BCUT2D eigenvalue weighted by Crippen LogP contribution is -1.99. The quantitative estimate of drug-likeness (QED) is 0.480. The molecule has 5 aromatic rings. The van der Waals surface area contributed by atoms with Crippen molar-refractivity contribution < 1.29 is 0 Å². The molecule has 0 aliphatic carbocycles. The van der Waals surface area contributed by atoms with Crippen molar-refractivity contribution in [3.05, 3.63) is 91.4 Å². The van der Waals surface area contributed by atoms with Crippen LogP contribution in [0.2, 0.25) is 0 Å². The predicted octanol–water partition coefficient (Wildman–Crippen LogP) is 4.54. The summed E-state index contributed by atoms with van der Waals surface area (Å²) in [4.78, 5) is 13.4. The third-order valence-corrected chi connectivity index (χ3v) is 4.40. The number of fused-ring (bicyclic) bond motifs is 1. The summed E-state index contributed by atoms with van der Waals surface area (Å²) in [5, 5.41) is 6.94. The zero-order valence-electron chi connectivity index (χ0n) is 14.4. The fourth-order valence-electron chi connectivity index (χ4n) is 3.08. The normalized spacial score (nSPS) is 11.0. The first-order valence-corrected chi connectivity index (χ1v) is 8.66. The van der Waals surface area contributed by atoms with Crippen LogP contribution in [0.5, 0.6) is 0 Å². The maximum absolute atomic E-state index is 4.80. The zero-order chi connectivity index (χ0) is 18.1. The molecule has 0 aliphatic heterocycles. The number of rotatable bonds is 3. The molecule has 128 valence electrons. The largest absolute Gasteiger partial charge is 0.264 e. The monoisotopic (exact) mass is 349 g/mol. The Labute approximate surface area is 156 Å². The van der Waals surface area contributed by atoms with Gasteiger partial charge in [0.1, 0.15) is 5.69 Å². The Morgan fingerprint density at radius 2 is 1.63 bits per heavy atom. The van der Waals surface area contributed by atoms with E-state index in [9.17, 15) is 0 Å². The van der Waals surface area contributed by atoms with Crippen molar-refractivity contribution in [2.75, 3.05) is 0 Å². The second-order valence-corrected chi connectivity index (χ2v) is 6.16. The van der Waals surface area contributed by atoms with Gasteiger partial charge in [-0.05, 0) is 41.8 Å². The van der Waals surface area contributed by atoms with Crippen LogP contribution in [0.1, 0.15) is 0 Å². The SMILES string of the molecule is c1ccc(-n2nc(-c3ccccn3)nc2-c2ccc3ccncc3c2)cc1. The Morgan fingerprint density at radius 1 is 0.741 bits per heavy atom. The van der Waals surface area contributed by atoms with Crippen LogP contribution in [0, 0.1) is 0 Å². The molecule has 0 amide bonds. The molecule has 5 heteroatoms. The van der Waals surface area contributed by atoms with Gasteiger partial charge in [-0.25, -0.2) is 9.67 Å². The fraction of sp³-hybridized carbons (Fsp3) is 0. The summed E-state index contributed by atoms with van der Waals surface area (Å²) >= 11 is 0. The highest BCUT2D eigenvalue weighted by Crippen LogP contribution is 2.27. The van der Waals surface area contributed by atoms with Crippen molar-refractivity contribution in [3.8, 4) is 28.6 Å². The third-order valence-electron chi connectivity index (χ3n) is 4.40. The fourth-order valence-corrected chi connectivity index (χ4v) is 3.08. The molecule has 2 aromatic carbocycles. The highest BCUT2D eigenvalue weighted by atomic mass is 15.4. The lowest BCUT2D eigenvalue weighted by atomic mass is 10.1. The van der Waals surface area contributed by atoms with E-state index in [1.807, 2.05) is 65.5 Å². The molecule has 0 unspecified atom stereocenters. The van der Waals surface area contributed by atoms with E-state index in [1.165, 1.54) is 0 Å². The summed E-state index contributed by atoms with van der Waals surface area (Å²) < 4.78 is 1.86. The van der Waals surface area contributed by atoms with Crippen molar-refractivity contribution in [1.29, 1.82) is 0 Å². The van der Waals surface area contributed by atoms with E-state index in [4.69, 9.17) is 10.1 Å². The van der Waals surface area contributed by atoms with E-state index in [2.05, 4.69) is 28.2 Å². The lowest BCUT2D eigenvalue weighted by molar-refractivity contribution is 0.889. The van der Waals surface area contributed by atoms with E-state index >= 15 is 0 Å². The Balaban J connectivity index is 1.73. The Bertz CT molecular complexity index is 1210. The van der Waals surface area contributed by atoms with Gasteiger partial charge in [0, 0.05) is 29.5 Å². The van der Waals surface area contributed by atoms with Crippen LogP contribution < -0.4 is 0 Å². The summed E-state index contributed by atoms with van der Waals surface area (Å²) in [6.07, 6.45) is 5.41. The van der Waals surface area contributed by atoms with Crippen molar-refractivity contribution in [2.45, 2.75) is 0 Å². The van der Waals surface area contributed by atoms with Gasteiger partial charge in [-0.15, -0.1) is 5.10 Å². The van der Waals surface area contributed by atoms with Gasteiger partial charge >= 0.3 is 0 Å². The Kier molecular flexibility index (Phi) is 3.68. The summed E-state index contributed by atoms with van der Waals surface area (Å²) in [5.41, 5.74) is 2.68. The molecule has 0 radical (unpaired) electrons. The van der Waals surface area contributed by atoms with Gasteiger partial charge in [-0.3, -0.25) is 9.97 Å². The van der Waals surface area contributed by atoms with Crippen molar-refractivity contribution >= 4 is 10.8 Å². The van der Waals surface area contributed by atoms with E-state index in [1.54, 1.807) is 12.4 Å². The van der Waals surface area contributed by atoms with Gasteiger partial charge in [0.25, 0.3) is 0 Å². The van der Waals surface area contributed by atoms with E-state index in [0.717, 1.165) is 33.5 Å². The molecular formula is C22H15N5. The number of hydrogen-bond donors (Lipinski definition) is 0. The Morgan fingerprint density at radius 3 is 2.48 bits per heavy atom. The molecule has 5 rings (SSSR count). The van der Waals surface area contributed by atoms with Gasteiger partial charge in [0.05, 0.1) is 5.69 Å². The minimum absolute atomic E-state index is 0.598. The molecule has 3 aromatic heterocycles. The van der Waals surface area contributed by atoms with Gasteiger partial charge < -0.3 is 0 Å². The van der Waals surface area contributed by atoms with Crippen LogP contribution in [0.4, 0.5) is 0 Å². The molecule has 0 N–H and O–H groups in total. The summed E-state index contributed by atoms with van der Waals surface area (Å²) in [7, 11) is 0. The average Bonchev–Trinajstić information content (AvgIpc) is 3.20. The smallest absolute Gasteiger partial charge is 0.200 e. The van der Waals surface area contributed by atoms with E-state index in [0.29, 0.717) is 5.82 Å². The summed E-state index contributed by atoms with van der Waals surface area (Å²) in [5.74, 6) is 1.37. The highest BCUT2D eigenvalue weighted by Gasteiger charge is 2.15. The summed E-state index contributed by atoms with van der Waals surface area (Å²) in [6, 6.07) is 24.0. The van der Waals surface area contributed by atoms with Gasteiger partial charge in [0.2, 0.25) is 5.82 Å². The molecule has 0 spiro atoms. The lowest BCUT2D eigenvalue weighted by Gasteiger charge is -2.06. The number of aromatic nitrogens is 5. The summed E-state index contributed by atoms with van der Waals surface area (Å²) in [6.45, 7) is 0. The molecule has 0 saturated heterocycles. The number of para-hydroxylation sites is 1. The number of hydrogen-bond acceptors (Lipinski definition) is 4. The molecular weight excluding hydrogens is 334 g/mol. The predicted molar refractivity (Wildman–Crippen MR) is 105 cm³/mol. The number of pyridine rings is 2. The average molecular weight is 349 g/mol. The van der Waals surface area contributed by atoms with Crippen LogP contribution in [0.15, 0.2) is 91.4 Å². The molecule has 0 aliphatic rings. The number of nitrogens with zero attached hydrogens (tertiary/aromatic N) is 5. The minimum Gasteiger partial charge on any atom is -0.264 e. The molecule has 3 heterocycles. The minimum atomic E-state index is 0.598. The topological polar surface area (TPSA) is 56.5 Å². The zero-order valence-corrected chi connectivity index (χ0v) is 14.4. The number of benzene rings is 2. The first-order chi connectivity index (χ1) is 13.4. The second-order valence-electron chi connectivity index (χ2n) is 6.16. The first-order valence-electron chi connectivity index (χ1n) is 8.66. The van der Waals surface area contributed by atoms with E-state index in [-0.39, 0.29) is 0 Å². The highest BCUT2D eigenvalue weighted by molar-refractivity contribution is 5.85. The van der Waals surface area contributed by atoms with Crippen LogP contribution in [0.3, 0.4) is 0 Å². The molecule has 27 heavy (non-hydrogen) atoms. The molecule has 0 saturated carbocycles.